The highest BCUT2D eigenvalue weighted by molar-refractivity contribution is 5.94. The van der Waals surface area contributed by atoms with Crippen LogP contribution in [0.25, 0.3) is 0 Å². The van der Waals surface area contributed by atoms with Crippen molar-refractivity contribution in [1.29, 1.82) is 0 Å². The summed E-state index contributed by atoms with van der Waals surface area (Å²) in [6.07, 6.45) is 2.60. The van der Waals surface area contributed by atoms with Gasteiger partial charge in [0, 0.05) is 25.6 Å². The zero-order chi connectivity index (χ0) is 17.8. The number of nitrogens with one attached hydrogen (secondary N) is 1. The van der Waals surface area contributed by atoms with Gasteiger partial charge in [-0.2, -0.15) is 0 Å². The van der Waals surface area contributed by atoms with Gasteiger partial charge in [-0.25, -0.2) is 4.39 Å². The Hall–Kier alpha value is -2.14. The average molecular weight is 344 g/mol. The predicted octanol–water partition coefficient (Wildman–Crippen LogP) is 3.94. The first-order valence-corrected chi connectivity index (χ1v) is 8.97. The Bertz CT molecular complexity index is 720. The predicted molar refractivity (Wildman–Crippen MR) is 95.0 cm³/mol. The van der Waals surface area contributed by atoms with Crippen LogP contribution in [-0.4, -0.2) is 29.9 Å². The van der Waals surface area contributed by atoms with Crippen molar-refractivity contribution in [3.05, 3.63) is 59.3 Å². The molecule has 1 aromatic carbocycles. The third kappa shape index (κ3) is 4.10. The Balaban J connectivity index is 1.53. The van der Waals surface area contributed by atoms with Crippen molar-refractivity contribution in [3.63, 3.8) is 0 Å². The maximum atomic E-state index is 13.8. The monoisotopic (exact) mass is 344 g/mol. The Kier molecular flexibility index (Phi) is 5.53. The van der Waals surface area contributed by atoms with E-state index in [0.29, 0.717) is 19.1 Å². The van der Waals surface area contributed by atoms with E-state index in [2.05, 4.69) is 19.2 Å². The van der Waals surface area contributed by atoms with E-state index in [0.717, 1.165) is 30.8 Å². The second-order valence-corrected chi connectivity index (χ2v) is 6.59. The number of piperidine rings is 1. The Morgan fingerprint density at radius 1 is 1.28 bits per heavy atom. The molecule has 3 rings (SSSR count). The summed E-state index contributed by atoms with van der Waals surface area (Å²) in [7, 11) is 0. The van der Waals surface area contributed by atoms with Gasteiger partial charge in [-0.3, -0.25) is 4.79 Å². The van der Waals surface area contributed by atoms with Gasteiger partial charge in [0.05, 0.1) is 11.6 Å². The van der Waals surface area contributed by atoms with Gasteiger partial charge < -0.3 is 14.6 Å². The van der Waals surface area contributed by atoms with Crippen molar-refractivity contribution in [3.8, 4) is 0 Å². The third-order valence-electron chi connectivity index (χ3n) is 4.83. The molecule has 0 radical (unpaired) electrons. The average Bonchev–Trinajstić information content (AvgIpc) is 3.11. The van der Waals surface area contributed by atoms with Gasteiger partial charge in [0.2, 0.25) is 0 Å². The van der Waals surface area contributed by atoms with Crippen LogP contribution in [0.2, 0.25) is 0 Å². The lowest BCUT2D eigenvalue weighted by molar-refractivity contribution is 0.0696. The normalized spacial score (nSPS) is 16.8. The summed E-state index contributed by atoms with van der Waals surface area (Å²) in [6.45, 7) is 5.43. The molecule has 1 aliphatic heterocycles. The second kappa shape index (κ2) is 7.83. The fraction of sp³-hybridized carbons (Fsp3) is 0.450. The molecule has 0 aliphatic carbocycles. The van der Waals surface area contributed by atoms with E-state index in [1.54, 1.807) is 23.1 Å². The molecular formula is C20H25FN2O2. The molecule has 1 aromatic heterocycles. The minimum atomic E-state index is -0.453. The molecule has 1 amide bonds. The van der Waals surface area contributed by atoms with Crippen molar-refractivity contribution >= 4 is 5.91 Å². The second-order valence-electron chi connectivity index (χ2n) is 6.59. The smallest absolute Gasteiger partial charge is 0.256 e. The highest BCUT2D eigenvalue weighted by Gasteiger charge is 2.26. The Morgan fingerprint density at radius 3 is 2.64 bits per heavy atom. The first-order valence-electron chi connectivity index (χ1n) is 8.97. The van der Waals surface area contributed by atoms with Crippen molar-refractivity contribution in [2.24, 2.45) is 0 Å². The van der Waals surface area contributed by atoms with Crippen LogP contribution in [0.15, 0.2) is 40.8 Å². The molecule has 5 heteroatoms. The number of carbonyl (C=O) groups is 1. The molecule has 1 unspecified atom stereocenters. The summed E-state index contributed by atoms with van der Waals surface area (Å²) in [5.41, 5.74) is 0.157. The van der Waals surface area contributed by atoms with Crippen LogP contribution < -0.4 is 5.32 Å². The van der Waals surface area contributed by atoms with E-state index in [9.17, 15) is 9.18 Å². The van der Waals surface area contributed by atoms with Crippen LogP contribution in [0.3, 0.4) is 0 Å². The lowest BCUT2D eigenvalue weighted by Gasteiger charge is -2.33. The molecule has 0 saturated carbocycles. The van der Waals surface area contributed by atoms with Gasteiger partial charge in [0.15, 0.2) is 0 Å². The molecule has 1 atom stereocenters. The molecular weight excluding hydrogens is 319 g/mol. The number of nitrogens with zero attached hydrogens (tertiary/aromatic N) is 1. The molecule has 2 aromatic rings. The summed E-state index contributed by atoms with van der Waals surface area (Å²) in [4.78, 5) is 14.2. The van der Waals surface area contributed by atoms with Gasteiger partial charge >= 0.3 is 0 Å². The van der Waals surface area contributed by atoms with E-state index in [1.807, 2.05) is 12.1 Å². The van der Waals surface area contributed by atoms with E-state index in [-0.39, 0.29) is 17.5 Å². The molecule has 134 valence electrons. The molecule has 0 spiro atoms. The number of furan rings is 1. The topological polar surface area (TPSA) is 45.5 Å². The van der Waals surface area contributed by atoms with Crippen LogP contribution >= 0.6 is 0 Å². The Labute approximate surface area is 148 Å². The van der Waals surface area contributed by atoms with Gasteiger partial charge in [-0.05, 0) is 44.0 Å². The zero-order valence-electron chi connectivity index (χ0n) is 14.8. The van der Waals surface area contributed by atoms with Crippen LogP contribution in [0.1, 0.15) is 54.6 Å². The molecule has 25 heavy (non-hydrogen) atoms. The number of rotatable bonds is 5. The maximum absolute atomic E-state index is 13.8. The summed E-state index contributed by atoms with van der Waals surface area (Å²) >= 11 is 0. The summed E-state index contributed by atoms with van der Waals surface area (Å²) in [6, 6.07) is 10.7. The lowest BCUT2D eigenvalue weighted by atomic mass is 10.0. The van der Waals surface area contributed by atoms with Gasteiger partial charge in [0.1, 0.15) is 17.3 Å². The largest absolute Gasteiger partial charge is 0.464 e. The molecule has 1 fully saturated rings. The molecule has 1 N–H and O–H groups in total. The summed E-state index contributed by atoms with van der Waals surface area (Å²) in [5, 5.41) is 3.58. The number of halogens is 1. The van der Waals surface area contributed by atoms with Gasteiger partial charge in [0.25, 0.3) is 5.91 Å². The molecule has 1 saturated heterocycles. The summed E-state index contributed by atoms with van der Waals surface area (Å²) in [5.74, 6) is 1.27. The highest BCUT2D eigenvalue weighted by Crippen LogP contribution is 2.21. The number of hydrogen-bond acceptors (Lipinski definition) is 3. The Morgan fingerprint density at radius 2 is 2.00 bits per heavy atom. The fourth-order valence-corrected chi connectivity index (χ4v) is 3.31. The number of amides is 1. The van der Waals surface area contributed by atoms with Crippen molar-refractivity contribution in [2.45, 2.75) is 45.2 Å². The quantitative estimate of drug-likeness (QED) is 0.894. The molecule has 2 heterocycles. The SMILES string of the molecule is CCc1ccc(C(C)NC2CCN(C(=O)c3ccccc3F)CC2)o1. The van der Waals surface area contributed by atoms with Crippen molar-refractivity contribution < 1.29 is 13.6 Å². The maximum Gasteiger partial charge on any atom is 0.256 e. The number of likely N-dealkylation sites (tertiary alicyclic amines) is 1. The molecule has 0 bridgehead atoms. The van der Waals surface area contributed by atoms with E-state index < -0.39 is 5.82 Å². The number of hydrogen-bond donors (Lipinski definition) is 1. The first kappa shape index (κ1) is 17.7. The first-order chi connectivity index (χ1) is 12.1. The summed E-state index contributed by atoms with van der Waals surface area (Å²) < 4.78 is 19.6. The third-order valence-corrected chi connectivity index (χ3v) is 4.83. The number of carbonyl (C=O) groups excluding carboxylic acids is 1. The van der Waals surface area contributed by atoms with Gasteiger partial charge in [-0.1, -0.05) is 19.1 Å². The number of benzene rings is 1. The van der Waals surface area contributed by atoms with Crippen LogP contribution in [0, 0.1) is 5.82 Å². The molecule has 1 aliphatic rings. The van der Waals surface area contributed by atoms with Crippen molar-refractivity contribution in [2.75, 3.05) is 13.1 Å². The molecule has 4 nitrogen and oxygen atoms in total. The highest BCUT2D eigenvalue weighted by atomic mass is 19.1. The van der Waals surface area contributed by atoms with E-state index >= 15 is 0 Å². The van der Waals surface area contributed by atoms with Crippen LogP contribution in [-0.2, 0) is 6.42 Å². The minimum Gasteiger partial charge on any atom is -0.464 e. The van der Waals surface area contributed by atoms with E-state index in [1.165, 1.54) is 6.07 Å². The van der Waals surface area contributed by atoms with Gasteiger partial charge in [-0.15, -0.1) is 0 Å². The van der Waals surface area contributed by atoms with Crippen LogP contribution in [0.5, 0.6) is 0 Å². The van der Waals surface area contributed by atoms with Crippen LogP contribution in [0.4, 0.5) is 4.39 Å². The van der Waals surface area contributed by atoms with E-state index in [4.69, 9.17) is 4.42 Å². The fourth-order valence-electron chi connectivity index (χ4n) is 3.31. The standard InChI is InChI=1S/C20H25FN2O2/c1-3-16-8-9-19(25-16)14(2)22-15-10-12-23(13-11-15)20(24)17-6-4-5-7-18(17)21/h4-9,14-15,22H,3,10-13H2,1-2H3. The zero-order valence-corrected chi connectivity index (χ0v) is 14.8. The minimum absolute atomic E-state index is 0.138. The number of aryl methyl sites for hydroxylation is 1. The van der Waals surface area contributed by atoms with Crippen molar-refractivity contribution in [1.82, 2.24) is 10.2 Å². The lowest BCUT2D eigenvalue weighted by Crippen LogP contribution is -2.45.